The van der Waals surface area contributed by atoms with Crippen molar-refractivity contribution in [3.05, 3.63) is 53.2 Å². The van der Waals surface area contributed by atoms with Crippen molar-refractivity contribution in [1.82, 2.24) is 10.3 Å². The number of carbonyl (C=O) groups is 2. The van der Waals surface area contributed by atoms with Crippen molar-refractivity contribution in [2.45, 2.75) is 64.3 Å². The van der Waals surface area contributed by atoms with Crippen molar-refractivity contribution < 1.29 is 19.4 Å². The summed E-state index contributed by atoms with van der Waals surface area (Å²) in [4.78, 5) is 29.2. The summed E-state index contributed by atoms with van der Waals surface area (Å²) in [6, 6.07) is 10.7. The normalized spacial score (nSPS) is 20.5. The Morgan fingerprint density at radius 3 is 2.71 bits per heavy atom. The van der Waals surface area contributed by atoms with E-state index < -0.39 is 12.0 Å². The van der Waals surface area contributed by atoms with E-state index >= 15 is 0 Å². The highest BCUT2D eigenvalue weighted by Crippen LogP contribution is 2.29. The molecule has 2 heterocycles. The molecule has 4 rings (SSSR count). The van der Waals surface area contributed by atoms with Gasteiger partial charge in [-0.1, -0.05) is 38.0 Å². The minimum atomic E-state index is -1.01. The first kappa shape index (κ1) is 24.0. The first-order valence-corrected chi connectivity index (χ1v) is 12.5. The van der Waals surface area contributed by atoms with Gasteiger partial charge in [-0.05, 0) is 60.9 Å². The summed E-state index contributed by atoms with van der Waals surface area (Å²) in [5, 5.41) is 15.8. The lowest BCUT2D eigenvalue weighted by Gasteiger charge is -2.28. The van der Waals surface area contributed by atoms with Gasteiger partial charge in [0.1, 0.15) is 17.6 Å². The summed E-state index contributed by atoms with van der Waals surface area (Å²) in [6.45, 7) is 3.56. The van der Waals surface area contributed by atoms with Crippen LogP contribution in [0.15, 0.2) is 36.4 Å². The Balaban J connectivity index is 1.27. The molecule has 1 saturated carbocycles. The van der Waals surface area contributed by atoms with Gasteiger partial charge in [-0.3, -0.25) is 4.79 Å². The zero-order chi connectivity index (χ0) is 23.9. The molecule has 7 heteroatoms. The van der Waals surface area contributed by atoms with Crippen molar-refractivity contribution in [2.24, 2.45) is 11.8 Å². The van der Waals surface area contributed by atoms with E-state index in [1.807, 2.05) is 24.3 Å². The van der Waals surface area contributed by atoms with Gasteiger partial charge in [0.2, 0.25) is 5.91 Å². The molecule has 1 amide bonds. The molecule has 3 N–H and O–H groups in total. The molecule has 0 radical (unpaired) electrons. The molecule has 34 heavy (non-hydrogen) atoms. The molecular weight excluding hydrogens is 430 g/mol. The fourth-order valence-corrected chi connectivity index (χ4v) is 4.92. The van der Waals surface area contributed by atoms with Crippen molar-refractivity contribution >= 4 is 17.7 Å². The number of aryl methyl sites for hydroxylation is 1. The second-order valence-electron chi connectivity index (χ2n) is 9.55. The lowest BCUT2D eigenvalue weighted by molar-refractivity contribution is -0.143. The van der Waals surface area contributed by atoms with E-state index in [2.05, 4.69) is 34.7 Å². The molecule has 182 valence electrons. The number of carbonyl (C=O) groups excluding carboxylic acids is 1. The Bertz CT molecular complexity index is 992. The second-order valence-corrected chi connectivity index (χ2v) is 9.55. The van der Waals surface area contributed by atoms with Gasteiger partial charge in [0.05, 0.1) is 6.61 Å². The first-order chi connectivity index (χ1) is 16.5. The van der Waals surface area contributed by atoms with Gasteiger partial charge in [0, 0.05) is 31.0 Å². The van der Waals surface area contributed by atoms with Crippen LogP contribution in [0.3, 0.4) is 0 Å². The van der Waals surface area contributed by atoms with Gasteiger partial charge in [0.15, 0.2) is 0 Å². The average Bonchev–Trinajstić information content (AvgIpc) is 2.84. The third kappa shape index (κ3) is 6.27. The highest BCUT2D eigenvalue weighted by Gasteiger charge is 2.30. The fourth-order valence-electron chi connectivity index (χ4n) is 4.92. The highest BCUT2D eigenvalue weighted by molar-refractivity contribution is 5.85. The standard InChI is InChI=1S/C27H35N3O4/c1-18-5-2-3-7-23(18)26(31)30-24(27(32)33)17-19-8-12-22(13-9-19)34-16-14-21-11-10-20-6-4-15-28-25(20)29-21/h8-13,18,23-24H,2-7,14-17H2,1H3,(H,28,29)(H,30,31)(H,32,33)/t18?,23?,24-/m0/s1. The molecule has 1 fully saturated rings. The lowest BCUT2D eigenvalue weighted by Crippen LogP contribution is -2.46. The number of pyridine rings is 1. The van der Waals surface area contributed by atoms with E-state index in [0.717, 1.165) is 67.9 Å². The predicted molar refractivity (Wildman–Crippen MR) is 131 cm³/mol. The zero-order valence-corrected chi connectivity index (χ0v) is 19.9. The van der Waals surface area contributed by atoms with E-state index in [-0.39, 0.29) is 18.2 Å². The molecule has 2 unspecified atom stereocenters. The molecule has 2 aliphatic rings. The van der Waals surface area contributed by atoms with Crippen LogP contribution in [0.1, 0.15) is 55.8 Å². The number of anilines is 1. The highest BCUT2D eigenvalue weighted by atomic mass is 16.5. The maximum absolute atomic E-state index is 12.7. The van der Waals surface area contributed by atoms with E-state index in [0.29, 0.717) is 18.9 Å². The van der Waals surface area contributed by atoms with Crippen LogP contribution in [0.2, 0.25) is 0 Å². The zero-order valence-electron chi connectivity index (χ0n) is 19.9. The van der Waals surface area contributed by atoms with Crippen molar-refractivity contribution in [3.8, 4) is 5.75 Å². The average molecular weight is 466 g/mol. The number of hydrogen-bond donors (Lipinski definition) is 3. The number of rotatable bonds is 9. The van der Waals surface area contributed by atoms with E-state index in [1.54, 1.807) is 0 Å². The number of ether oxygens (including phenoxy) is 1. The van der Waals surface area contributed by atoms with Crippen molar-refractivity contribution in [3.63, 3.8) is 0 Å². The van der Waals surface area contributed by atoms with Crippen molar-refractivity contribution in [1.29, 1.82) is 0 Å². The number of nitrogens with one attached hydrogen (secondary N) is 2. The maximum atomic E-state index is 12.7. The molecule has 0 bridgehead atoms. The molecule has 2 aromatic rings. The number of carboxylic acid groups (broad SMARTS) is 1. The third-order valence-corrected chi connectivity index (χ3v) is 7.00. The van der Waals surface area contributed by atoms with Gasteiger partial charge in [-0.25, -0.2) is 9.78 Å². The molecule has 0 spiro atoms. The van der Waals surface area contributed by atoms with Crippen LogP contribution < -0.4 is 15.4 Å². The summed E-state index contributed by atoms with van der Waals surface area (Å²) in [6.07, 6.45) is 7.21. The number of nitrogens with zero attached hydrogens (tertiary/aromatic N) is 1. The molecular formula is C27H35N3O4. The number of carboxylic acids is 1. The van der Waals surface area contributed by atoms with Crippen LogP contribution in [0.25, 0.3) is 0 Å². The van der Waals surface area contributed by atoms with Crippen LogP contribution >= 0.6 is 0 Å². The number of amides is 1. The number of benzene rings is 1. The summed E-state index contributed by atoms with van der Waals surface area (Å²) in [7, 11) is 0. The molecule has 1 aliphatic carbocycles. The molecule has 0 saturated heterocycles. The van der Waals surface area contributed by atoms with Crippen LogP contribution in [-0.4, -0.2) is 41.2 Å². The number of hydrogen-bond acceptors (Lipinski definition) is 5. The summed E-state index contributed by atoms with van der Waals surface area (Å²) in [5.41, 5.74) is 3.12. The second kappa shape index (κ2) is 11.4. The summed E-state index contributed by atoms with van der Waals surface area (Å²) in [5.74, 6) is 0.784. The summed E-state index contributed by atoms with van der Waals surface area (Å²) < 4.78 is 5.87. The molecule has 3 atom stereocenters. The Labute approximate surface area is 201 Å². The predicted octanol–water partition coefficient (Wildman–Crippen LogP) is 4.00. The number of fused-ring (bicyclic) bond motifs is 1. The molecule has 1 aromatic heterocycles. The molecule has 1 aromatic carbocycles. The maximum Gasteiger partial charge on any atom is 0.326 e. The minimum absolute atomic E-state index is 0.0910. The van der Waals surface area contributed by atoms with Gasteiger partial charge in [-0.2, -0.15) is 0 Å². The minimum Gasteiger partial charge on any atom is -0.493 e. The Morgan fingerprint density at radius 1 is 1.15 bits per heavy atom. The van der Waals surface area contributed by atoms with Crippen LogP contribution in [0, 0.1) is 11.8 Å². The lowest BCUT2D eigenvalue weighted by atomic mass is 9.80. The Hall–Kier alpha value is -3.09. The van der Waals surface area contributed by atoms with E-state index in [9.17, 15) is 14.7 Å². The first-order valence-electron chi connectivity index (χ1n) is 12.5. The summed E-state index contributed by atoms with van der Waals surface area (Å²) >= 11 is 0. The quantitative estimate of drug-likeness (QED) is 0.518. The number of aliphatic carboxylic acids is 1. The fraction of sp³-hybridized carbons (Fsp3) is 0.519. The van der Waals surface area contributed by atoms with Gasteiger partial charge in [0.25, 0.3) is 0 Å². The van der Waals surface area contributed by atoms with Crippen molar-refractivity contribution in [2.75, 3.05) is 18.5 Å². The van der Waals surface area contributed by atoms with Crippen LogP contribution in [-0.2, 0) is 28.9 Å². The SMILES string of the molecule is CC1CCCCC1C(=O)N[C@@H](Cc1ccc(OCCc2ccc3c(n2)NCCC3)cc1)C(=O)O. The Kier molecular flexibility index (Phi) is 8.03. The van der Waals surface area contributed by atoms with Gasteiger partial charge < -0.3 is 20.5 Å². The monoisotopic (exact) mass is 465 g/mol. The van der Waals surface area contributed by atoms with E-state index in [1.165, 1.54) is 5.56 Å². The van der Waals surface area contributed by atoms with Gasteiger partial charge >= 0.3 is 5.97 Å². The van der Waals surface area contributed by atoms with Crippen LogP contribution in [0.5, 0.6) is 5.75 Å². The topological polar surface area (TPSA) is 101 Å². The molecule has 7 nitrogen and oxygen atoms in total. The molecule has 1 aliphatic heterocycles. The number of aromatic nitrogens is 1. The van der Waals surface area contributed by atoms with Gasteiger partial charge in [-0.15, -0.1) is 0 Å². The smallest absolute Gasteiger partial charge is 0.326 e. The van der Waals surface area contributed by atoms with E-state index in [4.69, 9.17) is 4.74 Å². The Morgan fingerprint density at radius 2 is 1.94 bits per heavy atom. The largest absolute Gasteiger partial charge is 0.493 e. The third-order valence-electron chi connectivity index (χ3n) is 7.00. The van der Waals surface area contributed by atoms with Crippen LogP contribution in [0.4, 0.5) is 5.82 Å².